The lowest BCUT2D eigenvalue weighted by Crippen LogP contribution is -2.56. The van der Waals surface area contributed by atoms with Gasteiger partial charge in [0, 0.05) is 26.2 Å². The molecule has 14 nitrogen and oxygen atoms in total. The summed E-state index contributed by atoms with van der Waals surface area (Å²) >= 11 is 5.92. The first-order valence-electron chi connectivity index (χ1n) is 12.8. The number of halogens is 4. The molecule has 3 aliphatic rings. The van der Waals surface area contributed by atoms with Gasteiger partial charge in [0.05, 0.1) is 17.0 Å². The maximum atomic E-state index is 13.5. The molecular weight excluding hydrogens is 617 g/mol. The number of aliphatic imine (C=N–C) groups is 2. The Bertz CT molecular complexity index is 1660. The Morgan fingerprint density at radius 1 is 1.14 bits per heavy atom. The van der Waals surface area contributed by atoms with Gasteiger partial charge in [-0.1, -0.05) is 17.7 Å². The van der Waals surface area contributed by atoms with Crippen LogP contribution in [0.4, 0.5) is 24.8 Å². The predicted molar refractivity (Wildman–Crippen MR) is 146 cm³/mol. The van der Waals surface area contributed by atoms with Crippen molar-refractivity contribution in [1.82, 2.24) is 29.8 Å². The summed E-state index contributed by atoms with van der Waals surface area (Å²) in [6, 6.07) is 4.34. The van der Waals surface area contributed by atoms with Crippen molar-refractivity contribution >= 4 is 57.8 Å². The summed E-state index contributed by atoms with van der Waals surface area (Å²) in [6.45, 7) is 3.39. The van der Waals surface area contributed by atoms with Gasteiger partial charge in [-0.05, 0) is 49.2 Å². The fourth-order valence-electron chi connectivity index (χ4n) is 5.16. The summed E-state index contributed by atoms with van der Waals surface area (Å²) in [6.07, 6.45) is -4.13. The normalized spacial score (nSPS) is 18.4. The van der Waals surface area contributed by atoms with Crippen molar-refractivity contribution in [2.24, 2.45) is 15.1 Å². The molecule has 1 aromatic heterocycles. The number of fused-ring (bicyclic) bond motifs is 1. The smallest absolute Gasteiger partial charge is 0.349 e. The van der Waals surface area contributed by atoms with E-state index in [1.54, 1.807) is 6.07 Å². The Kier molecular flexibility index (Phi) is 7.95. The number of alkyl halides is 3. The first kappa shape index (κ1) is 30.4. The zero-order valence-electron chi connectivity index (χ0n) is 22.3. The highest BCUT2D eigenvalue weighted by molar-refractivity contribution is 7.89. The van der Waals surface area contributed by atoms with Crippen molar-refractivity contribution in [3.8, 4) is 0 Å². The zero-order chi connectivity index (χ0) is 31.2. The molecule has 2 aromatic rings. The number of carbonyl (C=O) groups is 2. The Morgan fingerprint density at radius 2 is 1.86 bits per heavy atom. The maximum absolute atomic E-state index is 13.5. The van der Waals surface area contributed by atoms with Crippen LogP contribution in [0.25, 0.3) is 0 Å². The molecule has 0 bridgehead atoms. The number of piperidine rings is 1. The molecule has 1 saturated heterocycles. The molecule has 0 aliphatic carbocycles. The van der Waals surface area contributed by atoms with Gasteiger partial charge in [-0.15, -0.1) is 5.11 Å². The highest BCUT2D eigenvalue weighted by atomic mass is 35.5. The predicted octanol–water partition coefficient (Wildman–Crippen LogP) is 2.48. The SMILES string of the molecule is C=Nc1nc(N=N)c(Cl)nc1C(=O)NC1=NCC2(CCN(S(=O)(=O)c3ccc4c(c3)CN(C(=O)C(F)(F)F)CC4)CC2)N1. The van der Waals surface area contributed by atoms with Crippen LogP contribution in [0.5, 0.6) is 0 Å². The fourth-order valence-corrected chi connectivity index (χ4v) is 6.82. The number of guanidine groups is 1. The van der Waals surface area contributed by atoms with Crippen LogP contribution in [0.2, 0.25) is 5.15 Å². The largest absolute Gasteiger partial charge is 0.471 e. The van der Waals surface area contributed by atoms with Crippen LogP contribution >= 0.6 is 11.6 Å². The molecule has 0 radical (unpaired) electrons. The molecule has 0 unspecified atom stereocenters. The minimum atomic E-state index is -5.01. The number of carbonyl (C=O) groups excluding carboxylic acids is 2. The number of rotatable bonds is 5. The molecule has 1 fully saturated rings. The van der Waals surface area contributed by atoms with E-state index < -0.39 is 33.6 Å². The van der Waals surface area contributed by atoms with E-state index in [-0.39, 0.29) is 72.5 Å². The summed E-state index contributed by atoms with van der Waals surface area (Å²) in [5, 5.41) is 8.56. The van der Waals surface area contributed by atoms with Crippen LogP contribution in [-0.2, 0) is 27.8 Å². The molecule has 5 rings (SSSR count). The summed E-state index contributed by atoms with van der Waals surface area (Å²) in [7, 11) is -3.99. The summed E-state index contributed by atoms with van der Waals surface area (Å²) in [4.78, 5) is 40.9. The Hall–Kier alpha value is -4.03. The van der Waals surface area contributed by atoms with Gasteiger partial charge in [0.15, 0.2) is 22.6 Å². The molecule has 228 valence electrons. The van der Waals surface area contributed by atoms with E-state index in [0.29, 0.717) is 28.9 Å². The molecule has 2 amide bonds. The van der Waals surface area contributed by atoms with Gasteiger partial charge in [-0.25, -0.2) is 28.9 Å². The second-order valence-electron chi connectivity index (χ2n) is 10.1. The number of benzene rings is 1. The highest BCUT2D eigenvalue weighted by Gasteiger charge is 2.44. The van der Waals surface area contributed by atoms with E-state index >= 15 is 0 Å². The monoisotopic (exact) mass is 640 g/mol. The molecular formula is C24H24ClF3N10O4S. The zero-order valence-corrected chi connectivity index (χ0v) is 23.9. The molecule has 0 atom stereocenters. The number of hydrogen-bond donors (Lipinski definition) is 3. The number of nitrogens with zero attached hydrogens (tertiary/aromatic N) is 7. The van der Waals surface area contributed by atoms with Crippen LogP contribution in [0.1, 0.15) is 34.5 Å². The summed E-state index contributed by atoms with van der Waals surface area (Å²) < 4.78 is 67.0. The number of sulfonamides is 1. The van der Waals surface area contributed by atoms with Gasteiger partial charge < -0.3 is 10.2 Å². The minimum Gasteiger partial charge on any atom is -0.349 e. The fraction of sp³-hybridized carbons (Fsp3) is 0.417. The van der Waals surface area contributed by atoms with Crippen molar-refractivity contribution in [2.75, 3.05) is 26.2 Å². The first-order chi connectivity index (χ1) is 20.3. The number of nitrogens with one attached hydrogen (secondary N) is 3. The number of amides is 2. The average molecular weight is 641 g/mol. The minimum absolute atomic E-state index is 0.0669. The van der Waals surface area contributed by atoms with E-state index in [0.717, 1.165) is 0 Å². The van der Waals surface area contributed by atoms with Gasteiger partial charge in [-0.3, -0.25) is 19.9 Å². The standard InChI is InChI=1S/C24H24ClF3N10O4S/c1-30-18-16(32-17(25)19(33-18)36-29)20(39)34-22-31-12-23(35-22)5-8-38(9-6-23)43(41,42)15-3-2-13-4-7-37(11-14(13)10-15)21(40)24(26,27)28/h2-3,10,29H,1,4-9,11-12H2,(H2,31,34,35,39). The summed E-state index contributed by atoms with van der Waals surface area (Å²) in [5.41, 5.74) is 7.23. The van der Waals surface area contributed by atoms with E-state index in [2.05, 4.69) is 42.4 Å². The second kappa shape index (κ2) is 11.2. The third-order valence-corrected chi connectivity index (χ3v) is 9.63. The molecule has 3 aliphatic heterocycles. The van der Waals surface area contributed by atoms with Gasteiger partial charge in [-0.2, -0.15) is 17.5 Å². The lowest BCUT2D eigenvalue weighted by Gasteiger charge is -2.38. The second-order valence-corrected chi connectivity index (χ2v) is 12.4. The molecule has 19 heteroatoms. The quantitative estimate of drug-likeness (QED) is 0.331. The molecule has 43 heavy (non-hydrogen) atoms. The van der Waals surface area contributed by atoms with Gasteiger partial charge in [0.1, 0.15) is 0 Å². The van der Waals surface area contributed by atoms with E-state index in [1.165, 1.54) is 16.4 Å². The number of hydrogen-bond acceptors (Lipinski definition) is 11. The van der Waals surface area contributed by atoms with E-state index in [9.17, 15) is 31.2 Å². The lowest BCUT2D eigenvalue weighted by molar-refractivity contribution is -0.186. The van der Waals surface area contributed by atoms with Crippen LogP contribution in [0, 0.1) is 5.53 Å². The summed E-state index contributed by atoms with van der Waals surface area (Å²) in [5.74, 6) is -2.97. The van der Waals surface area contributed by atoms with Crippen molar-refractivity contribution in [3.05, 3.63) is 40.2 Å². The maximum Gasteiger partial charge on any atom is 0.471 e. The average Bonchev–Trinajstić information content (AvgIpc) is 3.36. The molecule has 3 N–H and O–H groups in total. The molecule has 1 aromatic carbocycles. The highest BCUT2D eigenvalue weighted by Crippen LogP contribution is 2.32. The van der Waals surface area contributed by atoms with E-state index in [1.807, 2.05) is 0 Å². The van der Waals surface area contributed by atoms with Crippen LogP contribution in [0.15, 0.2) is 38.2 Å². The van der Waals surface area contributed by atoms with Crippen LogP contribution in [0.3, 0.4) is 0 Å². The first-order valence-corrected chi connectivity index (χ1v) is 14.6. The number of aromatic nitrogens is 2. The Labute approximate surface area is 248 Å². The third kappa shape index (κ3) is 5.94. The van der Waals surface area contributed by atoms with Crippen molar-refractivity contribution in [2.45, 2.75) is 42.4 Å². The molecule has 1 spiro atoms. The topological polar surface area (TPSA) is 186 Å². The van der Waals surface area contributed by atoms with Crippen molar-refractivity contribution in [3.63, 3.8) is 0 Å². The Balaban J connectivity index is 1.22. The third-order valence-electron chi connectivity index (χ3n) is 7.48. The van der Waals surface area contributed by atoms with E-state index in [4.69, 9.17) is 17.1 Å². The van der Waals surface area contributed by atoms with Crippen molar-refractivity contribution in [1.29, 1.82) is 5.53 Å². The van der Waals surface area contributed by atoms with Crippen molar-refractivity contribution < 1.29 is 31.2 Å². The van der Waals surface area contributed by atoms with Crippen LogP contribution < -0.4 is 10.6 Å². The van der Waals surface area contributed by atoms with Gasteiger partial charge >= 0.3 is 12.1 Å². The van der Waals surface area contributed by atoms with Gasteiger partial charge in [0.2, 0.25) is 15.8 Å². The molecule has 0 saturated carbocycles. The lowest BCUT2D eigenvalue weighted by atomic mass is 9.89. The van der Waals surface area contributed by atoms with Crippen LogP contribution in [-0.4, -0.2) is 90.0 Å². The Morgan fingerprint density at radius 3 is 2.51 bits per heavy atom. The van der Waals surface area contributed by atoms with Gasteiger partial charge in [0.25, 0.3) is 5.91 Å². The molecule has 4 heterocycles.